The largest absolute Gasteiger partial charge is 0.481 e. The monoisotopic (exact) mass is 288 g/mol. The van der Waals surface area contributed by atoms with Crippen molar-refractivity contribution in [3.05, 3.63) is 33.9 Å². The first-order valence-corrected chi connectivity index (χ1v) is 5.96. The van der Waals surface area contributed by atoms with Gasteiger partial charge in [0.15, 0.2) is 11.6 Å². The summed E-state index contributed by atoms with van der Waals surface area (Å²) in [6.45, 7) is 1.80. The lowest BCUT2D eigenvalue weighted by Crippen LogP contribution is -2.24. The van der Waals surface area contributed by atoms with Gasteiger partial charge in [-0.3, -0.25) is 14.9 Å². The molecule has 0 aromatic heterocycles. The van der Waals surface area contributed by atoms with Crippen molar-refractivity contribution in [2.45, 2.75) is 32.2 Å². The number of nitrogens with zero attached hydrogens (tertiary/aromatic N) is 1. The van der Waals surface area contributed by atoms with Gasteiger partial charge in [-0.15, -0.1) is 0 Å². The third kappa shape index (κ3) is 4.15. The molecule has 0 saturated carbocycles. The van der Waals surface area contributed by atoms with Gasteiger partial charge in [-0.05, 0) is 6.42 Å². The number of benzene rings is 1. The van der Waals surface area contributed by atoms with Gasteiger partial charge < -0.3 is 10.4 Å². The Kier molecular flexibility index (Phi) is 5.36. The lowest BCUT2D eigenvalue weighted by atomic mass is 10.1. The summed E-state index contributed by atoms with van der Waals surface area (Å²) >= 11 is 0. The molecule has 20 heavy (non-hydrogen) atoms. The van der Waals surface area contributed by atoms with Gasteiger partial charge in [0.25, 0.3) is 5.69 Å². The van der Waals surface area contributed by atoms with Crippen molar-refractivity contribution in [3.8, 4) is 0 Å². The van der Waals surface area contributed by atoms with E-state index >= 15 is 0 Å². The number of halogens is 2. The molecule has 0 fully saturated rings. The third-order valence-electron chi connectivity index (χ3n) is 2.64. The van der Waals surface area contributed by atoms with Gasteiger partial charge in [-0.25, -0.2) is 8.78 Å². The van der Waals surface area contributed by atoms with Gasteiger partial charge in [-0.1, -0.05) is 13.3 Å². The highest BCUT2D eigenvalue weighted by molar-refractivity contribution is 5.68. The van der Waals surface area contributed by atoms with Gasteiger partial charge in [0.2, 0.25) is 0 Å². The van der Waals surface area contributed by atoms with E-state index in [1.807, 2.05) is 0 Å². The Bertz CT molecular complexity index is 499. The number of nitro groups is 1. The van der Waals surface area contributed by atoms with Gasteiger partial charge in [0.1, 0.15) is 5.69 Å². The van der Waals surface area contributed by atoms with E-state index in [0.29, 0.717) is 25.0 Å². The highest BCUT2D eigenvalue weighted by Crippen LogP contribution is 2.26. The Hall–Kier alpha value is -2.25. The predicted octanol–water partition coefficient (Wildman–Crippen LogP) is 2.93. The van der Waals surface area contributed by atoms with Crippen molar-refractivity contribution in [1.82, 2.24) is 0 Å². The minimum absolute atomic E-state index is 0.302. The highest BCUT2D eigenvalue weighted by atomic mass is 19.1. The summed E-state index contributed by atoms with van der Waals surface area (Å²) in [6, 6.07) is 0.535. The molecule has 0 amide bonds. The van der Waals surface area contributed by atoms with Gasteiger partial charge >= 0.3 is 5.97 Å². The first-order valence-electron chi connectivity index (χ1n) is 5.96. The summed E-state index contributed by atoms with van der Waals surface area (Å²) in [4.78, 5) is 20.2. The van der Waals surface area contributed by atoms with Crippen LogP contribution in [-0.2, 0) is 4.79 Å². The lowest BCUT2D eigenvalue weighted by Gasteiger charge is -2.18. The molecule has 0 aliphatic heterocycles. The number of hydrogen-bond acceptors (Lipinski definition) is 4. The highest BCUT2D eigenvalue weighted by Gasteiger charge is 2.20. The quantitative estimate of drug-likeness (QED) is 0.594. The molecular formula is C12H14F2N2O4. The molecule has 1 aromatic rings. The molecule has 6 nitrogen and oxygen atoms in total. The molecule has 0 bridgehead atoms. The molecule has 8 heteroatoms. The van der Waals surface area contributed by atoms with E-state index in [1.165, 1.54) is 0 Å². The van der Waals surface area contributed by atoms with Crippen molar-refractivity contribution in [1.29, 1.82) is 0 Å². The normalized spacial score (nSPS) is 11.9. The number of non-ortho nitro benzene ring substituents is 1. The molecule has 110 valence electrons. The van der Waals surface area contributed by atoms with E-state index < -0.39 is 39.9 Å². The average Bonchev–Trinajstić information content (AvgIpc) is 2.32. The Labute approximate surface area is 113 Å². The average molecular weight is 288 g/mol. The smallest absolute Gasteiger partial charge is 0.305 e. The number of carbonyl (C=O) groups is 1. The first kappa shape index (κ1) is 15.8. The van der Waals surface area contributed by atoms with E-state index in [9.17, 15) is 23.7 Å². The summed E-state index contributed by atoms with van der Waals surface area (Å²) in [5, 5.41) is 21.6. The van der Waals surface area contributed by atoms with Crippen molar-refractivity contribution in [2.24, 2.45) is 0 Å². The van der Waals surface area contributed by atoms with Crippen molar-refractivity contribution in [3.63, 3.8) is 0 Å². The summed E-state index contributed by atoms with van der Waals surface area (Å²) in [5.74, 6) is -3.34. The molecule has 0 aliphatic carbocycles. The van der Waals surface area contributed by atoms with Crippen LogP contribution in [0.15, 0.2) is 12.1 Å². The number of nitrogens with one attached hydrogen (secondary N) is 1. The zero-order chi connectivity index (χ0) is 15.3. The maximum atomic E-state index is 13.7. The number of carboxylic acids is 1. The number of carboxylic acid groups (broad SMARTS) is 1. The Morgan fingerprint density at radius 3 is 2.40 bits per heavy atom. The topological polar surface area (TPSA) is 92.5 Å². The van der Waals surface area contributed by atoms with E-state index in [-0.39, 0.29) is 6.42 Å². The fourth-order valence-electron chi connectivity index (χ4n) is 1.79. The van der Waals surface area contributed by atoms with Crippen LogP contribution < -0.4 is 5.32 Å². The molecule has 1 unspecified atom stereocenters. The van der Waals surface area contributed by atoms with Crippen molar-refractivity contribution in [2.75, 3.05) is 5.32 Å². The number of aliphatic carboxylic acids is 1. The van der Waals surface area contributed by atoms with Crippen LogP contribution in [-0.4, -0.2) is 22.0 Å². The van der Waals surface area contributed by atoms with Crippen LogP contribution in [0.4, 0.5) is 20.2 Å². The van der Waals surface area contributed by atoms with E-state index in [2.05, 4.69) is 5.32 Å². The van der Waals surface area contributed by atoms with Gasteiger partial charge in [-0.2, -0.15) is 0 Å². The minimum Gasteiger partial charge on any atom is -0.481 e. The molecule has 1 atom stereocenters. The van der Waals surface area contributed by atoms with Crippen LogP contribution in [0.25, 0.3) is 0 Å². The second kappa shape index (κ2) is 6.78. The molecule has 1 rings (SSSR count). The maximum Gasteiger partial charge on any atom is 0.305 e. The summed E-state index contributed by atoms with van der Waals surface area (Å²) < 4.78 is 27.3. The van der Waals surface area contributed by atoms with Crippen LogP contribution in [0.2, 0.25) is 0 Å². The number of anilines is 1. The van der Waals surface area contributed by atoms with E-state index in [0.717, 1.165) is 0 Å². The molecule has 2 N–H and O–H groups in total. The van der Waals surface area contributed by atoms with Crippen molar-refractivity contribution >= 4 is 17.3 Å². The third-order valence-corrected chi connectivity index (χ3v) is 2.64. The minimum atomic E-state index is -1.12. The van der Waals surface area contributed by atoms with E-state index in [4.69, 9.17) is 5.11 Å². The number of nitro benzene ring substituents is 1. The maximum absolute atomic E-state index is 13.7. The Morgan fingerprint density at radius 2 is 2.00 bits per heavy atom. The molecule has 0 radical (unpaired) electrons. The van der Waals surface area contributed by atoms with Crippen LogP contribution in [0.5, 0.6) is 0 Å². The predicted molar refractivity (Wildman–Crippen MR) is 67.6 cm³/mol. The zero-order valence-corrected chi connectivity index (χ0v) is 10.7. The molecule has 1 aromatic carbocycles. The molecule has 0 aliphatic rings. The Morgan fingerprint density at radius 1 is 1.45 bits per heavy atom. The van der Waals surface area contributed by atoms with Crippen molar-refractivity contribution < 1.29 is 23.6 Å². The molecule has 0 saturated heterocycles. The molecule has 0 heterocycles. The van der Waals surface area contributed by atoms with Crippen LogP contribution in [0.1, 0.15) is 26.2 Å². The molecular weight excluding hydrogens is 274 g/mol. The second-order valence-electron chi connectivity index (χ2n) is 4.27. The van der Waals surface area contributed by atoms with E-state index in [1.54, 1.807) is 6.92 Å². The van der Waals surface area contributed by atoms with Gasteiger partial charge in [0, 0.05) is 6.04 Å². The number of hydrogen-bond donors (Lipinski definition) is 2. The fourth-order valence-corrected chi connectivity index (χ4v) is 1.79. The summed E-state index contributed by atoms with van der Waals surface area (Å²) in [7, 11) is 0. The zero-order valence-electron chi connectivity index (χ0n) is 10.7. The van der Waals surface area contributed by atoms with Crippen LogP contribution in [0, 0.1) is 21.7 Å². The standard InChI is InChI=1S/C12H14F2N2O4/c1-2-3-7(4-11(17)18)15-12-9(13)5-8(16(19)20)6-10(12)14/h5-7,15H,2-4H2,1H3,(H,17,18). The Balaban J connectivity index is 3.00. The number of rotatable bonds is 7. The van der Waals surface area contributed by atoms with Crippen LogP contribution in [0.3, 0.4) is 0 Å². The first-order chi connectivity index (χ1) is 9.35. The fraction of sp³-hybridized carbons (Fsp3) is 0.417. The summed E-state index contributed by atoms with van der Waals surface area (Å²) in [6.07, 6.45) is 0.729. The molecule has 0 spiro atoms. The second-order valence-corrected chi connectivity index (χ2v) is 4.27. The van der Waals surface area contributed by atoms with Crippen LogP contribution >= 0.6 is 0 Å². The summed E-state index contributed by atoms with van der Waals surface area (Å²) in [5.41, 5.74) is -1.24. The lowest BCUT2D eigenvalue weighted by molar-refractivity contribution is -0.385. The van der Waals surface area contributed by atoms with Gasteiger partial charge in [0.05, 0.1) is 23.5 Å². The SMILES string of the molecule is CCCC(CC(=O)O)Nc1c(F)cc([N+](=O)[O-])cc1F.